The maximum Gasteiger partial charge on any atom is 0.190 e. The quantitative estimate of drug-likeness (QED) is 0.752. The van der Waals surface area contributed by atoms with Gasteiger partial charge in [-0.3, -0.25) is 0 Å². The fourth-order valence-electron chi connectivity index (χ4n) is 3.31. The van der Waals surface area contributed by atoms with Crippen molar-refractivity contribution in [1.29, 1.82) is 0 Å². The molecule has 4 atom stereocenters. The monoisotopic (exact) mass is 316 g/mol. The Hall–Kier alpha value is -1.46. The summed E-state index contributed by atoms with van der Waals surface area (Å²) in [5.41, 5.74) is 0.415. The van der Waals surface area contributed by atoms with Gasteiger partial charge in [-0.1, -0.05) is 42.5 Å². The van der Waals surface area contributed by atoms with Crippen LogP contribution in [0.4, 0.5) is 0 Å². The van der Waals surface area contributed by atoms with Crippen molar-refractivity contribution in [2.24, 2.45) is 0 Å². The lowest BCUT2D eigenvalue weighted by atomic mass is 9.88. The second kappa shape index (κ2) is 6.21. The molecule has 0 radical (unpaired) electrons. The second-order valence-electron chi connectivity index (χ2n) is 6.44. The highest BCUT2D eigenvalue weighted by atomic mass is 16.8. The summed E-state index contributed by atoms with van der Waals surface area (Å²) in [4.78, 5) is 0. The molecule has 23 heavy (non-hydrogen) atoms. The van der Waals surface area contributed by atoms with Crippen LogP contribution in [0.2, 0.25) is 0 Å². The summed E-state index contributed by atoms with van der Waals surface area (Å²) in [6.45, 7) is 12.0. The minimum absolute atomic E-state index is 0.310. The van der Waals surface area contributed by atoms with E-state index >= 15 is 0 Å². The van der Waals surface area contributed by atoms with Crippen molar-refractivity contribution in [3.63, 3.8) is 0 Å². The summed E-state index contributed by atoms with van der Waals surface area (Å²) < 4.78 is 24.3. The summed E-state index contributed by atoms with van der Waals surface area (Å²) in [5, 5.41) is 0. The molecule has 2 heterocycles. The molecule has 0 saturated carbocycles. The van der Waals surface area contributed by atoms with E-state index in [4.69, 9.17) is 18.9 Å². The molecule has 3 rings (SSSR count). The molecule has 1 aromatic rings. The number of benzene rings is 1. The van der Waals surface area contributed by atoms with E-state index in [1.54, 1.807) is 6.08 Å². The Morgan fingerprint density at radius 1 is 1.17 bits per heavy atom. The van der Waals surface area contributed by atoms with Gasteiger partial charge in [-0.25, -0.2) is 0 Å². The Morgan fingerprint density at radius 3 is 2.57 bits per heavy atom. The lowest BCUT2D eigenvalue weighted by molar-refractivity contribution is -0.231. The molecule has 2 fully saturated rings. The van der Waals surface area contributed by atoms with Gasteiger partial charge in [0, 0.05) is 0 Å². The van der Waals surface area contributed by atoms with E-state index in [-0.39, 0.29) is 12.2 Å². The number of ether oxygens (including phenoxy) is 4. The fourth-order valence-corrected chi connectivity index (χ4v) is 3.31. The maximum absolute atomic E-state index is 6.36. The smallest absolute Gasteiger partial charge is 0.190 e. The van der Waals surface area contributed by atoms with E-state index < -0.39 is 17.7 Å². The average molecular weight is 316 g/mol. The van der Waals surface area contributed by atoms with Crippen LogP contribution < -0.4 is 0 Å². The van der Waals surface area contributed by atoms with E-state index in [9.17, 15) is 0 Å². The molecule has 0 N–H and O–H groups in total. The third kappa shape index (κ3) is 3.00. The molecule has 0 aliphatic carbocycles. The molecule has 4 heteroatoms. The first-order chi connectivity index (χ1) is 11.0. The van der Waals surface area contributed by atoms with Gasteiger partial charge < -0.3 is 18.9 Å². The van der Waals surface area contributed by atoms with Crippen molar-refractivity contribution in [2.75, 3.05) is 0 Å². The summed E-state index contributed by atoms with van der Waals surface area (Å²) in [6.07, 6.45) is 3.10. The van der Waals surface area contributed by atoms with Gasteiger partial charge in [0.1, 0.15) is 17.8 Å². The predicted octanol–water partition coefficient (Wildman–Crippen LogP) is 3.58. The van der Waals surface area contributed by atoms with Crippen molar-refractivity contribution < 1.29 is 18.9 Å². The third-order valence-electron chi connectivity index (χ3n) is 4.33. The van der Waals surface area contributed by atoms with Crippen molar-refractivity contribution in [3.05, 3.63) is 61.2 Å². The molecular weight excluding hydrogens is 292 g/mol. The predicted molar refractivity (Wildman–Crippen MR) is 87.7 cm³/mol. The third-order valence-corrected chi connectivity index (χ3v) is 4.33. The van der Waals surface area contributed by atoms with Gasteiger partial charge in [0.15, 0.2) is 12.1 Å². The van der Waals surface area contributed by atoms with Crippen molar-refractivity contribution in [2.45, 2.75) is 56.8 Å². The van der Waals surface area contributed by atoms with Gasteiger partial charge in [0.25, 0.3) is 0 Å². The first-order valence-corrected chi connectivity index (χ1v) is 7.93. The molecule has 4 nitrogen and oxygen atoms in total. The van der Waals surface area contributed by atoms with Gasteiger partial charge in [-0.05, 0) is 25.8 Å². The van der Waals surface area contributed by atoms with E-state index in [0.717, 1.165) is 5.56 Å². The highest BCUT2D eigenvalue weighted by Crippen LogP contribution is 2.47. The normalized spacial score (nSPS) is 35.0. The zero-order chi connectivity index (χ0) is 16.5. The van der Waals surface area contributed by atoms with Gasteiger partial charge in [-0.15, -0.1) is 13.2 Å². The summed E-state index contributed by atoms with van der Waals surface area (Å²) >= 11 is 0. The lowest BCUT2D eigenvalue weighted by Crippen LogP contribution is -2.50. The summed E-state index contributed by atoms with van der Waals surface area (Å²) in [6, 6.07) is 10.1. The Balaban J connectivity index is 1.87. The molecule has 0 aromatic heterocycles. The van der Waals surface area contributed by atoms with E-state index in [2.05, 4.69) is 13.2 Å². The highest BCUT2D eigenvalue weighted by molar-refractivity contribution is 5.17. The Morgan fingerprint density at radius 2 is 1.91 bits per heavy atom. The van der Waals surface area contributed by atoms with Crippen LogP contribution in [0.25, 0.3) is 0 Å². The zero-order valence-electron chi connectivity index (χ0n) is 13.7. The van der Waals surface area contributed by atoms with Crippen LogP contribution in [0.5, 0.6) is 0 Å². The van der Waals surface area contributed by atoms with Crippen LogP contribution in [-0.4, -0.2) is 29.9 Å². The van der Waals surface area contributed by atoms with Crippen LogP contribution in [0.1, 0.15) is 25.8 Å². The molecule has 0 bridgehead atoms. The SMILES string of the molecule is C=CC[C@]1(OCc2ccccc2)[C@@H](C=C)O[C@@H]2OC(C)(C)O[C@@H]21. The Bertz CT molecular complexity index is 568. The molecule has 2 saturated heterocycles. The molecule has 124 valence electrons. The van der Waals surface area contributed by atoms with Gasteiger partial charge >= 0.3 is 0 Å². The van der Waals surface area contributed by atoms with Crippen LogP contribution in [0, 0.1) is 0 Å². The summed E-state index contributed by atoms with van der Waals surface area (Å²) in [7, 11) is 0. The first-order valence-electron chi connectivity index (χ1n) is 7.93. The van der Waals surface area contributed by atoms with Crippen molar-refractivity contribution in [1.82, 2.24) is 0 Å². The molecule has 0 unspecified atom stereocenters. The topological polar surface area (TPSA) is 36.9 Å². The molecule has 0 spiro atoms. The van der Waals surface area contributed by atoms with Gasteiger partial charge in [-0.2, -0.15) is 0 Å². The van der Waals surface area contributed by atoms with Crippen LogP contribution >= 0.6 is 0 Å². The molecule has 1 aromatic carbocycles. The van der Waals surface area contributed by atoms with Gasteiger partial charge in [0.2, 0.25) is 0 Å². The number of hydrogen-bond donors (Lipinski definition) is 0. The fraction of sp³-hybridized carbons (Fsp3) is 0.474. The zero-order valence-corrected chi connectivity index (χ0v) is 13.7. The van der Waals surface area contributed by atoms with Gasteiger partial charge in [0.05, 0.1) is 6.61 Å². The molecular formula is C19H24O4. The van der Waals surface area contributed by atoms with E-state index in [1.807, 2.05) is 50.3 Å². The number of fused-ring (bicyclic) bond motifs is 1. The maximum atomic E-state index is 6.36. The first kappa shape index (κ1) is 16.4. The lowest BCUT2D eigenvalue weighted by Gasteiger charge is -2.36. The van der Waals surface area contributed by atoms with E-state index in [0.29, 0.717) is 13.0 Å². The molecule has 2 aliphatic heterocycles. The largest absolute Gasteiger partial charge is 0.364 e. The molecule has 2 aliphatic rings. The number of rotatable bonds is 6. The number of hydrogen-bond acceptors (Lipinski definition) is 4. The van der Waals surface area contributed by atoms with Crippen LogP contribution in [0.3, 0.4) is 0 Å². The van der Waals surface area contributed by atoms with Crippen LogP contribution in [-0.2, 0) is 25.6 Å². The minimum Gasteiger partial charge on any atom is -0.364 e. The Kier molecular flexibility index (Phi) is 4.43. The average Bonchev–Trinajstić information content (AvgIpc) is 2.98. The van der Waals surface area contributed by atoms with Crippen molar-refractivity contribution >= 4 is 0 Å². The van der Waals surface area contributed by atoms with Crippen LogP contribution in [0.15, 0.2) is 55.6 Å². The summed E-state index contributed by atoms with van der Waals surface area (Å²) in [5.74, 6) is -0.690. The second-order valence-corrected chi connectivity index (χ2v) is 6.44. The van der Waals surface area contributed by atoms with E-state index in [1.165, 1.54) is 0 Å². The highest BCUT2D eigenvalue weighted by Gasteiger charge is 2.63. The minimum atomic E-state index is -0.690. The molecule has 0 amide bonds. The van der Waals surface area contributed by atoms with Crippen molar-refractivity contribution in [3.8, 4) is 0 Å². The Labute approximate surface area is 137 Å². The standard InChI is InChI=1S/C19H24O4/c1-5-12-19(20-13-14-10-8-7-9-11-14)15(6-2)21-17-16(19)22-18(3,4)23-17/h5-11,15-17H,1-2,12-13H2,3-4H3/t15-,16+,17-,19+/m1/s1.